The summed E-state index contributed by atoms with van der Waals surface area (Å²) in [4.78, 5) is 0. The van der Waals surface area contributed by atoms with E-state index in [9.17, 15) is 5.11 Å². The van der Waals surface area contributed by atoms with Gasteiger partial charge < -0.3 is 10.4 Å². The Kier molecular flexibility index (Phi) is 4.62. The molecule has 0 aromatic heterocycles. The maximum atomic E-state index is 9.77. The van der Waals surface area contributed by atoms with Crippen molar-refractivity contribution in [2.45, 2.75) is 45.1 Å². The van der Waals surface area contributed by atoms with E-state index in [4.69, 9.17) is 0 Å². The fourth-order valence-electron chi connectivity index (χ4n) is 1.86. The van der Waals surface area contributed by atoms with Crippen molar-refractivity contribution in [2.75, 3.05) is 13.1 Å². The first-order valence-corrected chi connectivity index (χ1v) is 5.23. The maximum absolute atomic E-state index is 9.77. The highest BCUT2D eigenvalue weighted by molar-refractivity contribution is 4.75. The molecular weight excluding hydrogens is 150 g/mol. The van der Waals surface area contributed by atoms with Crippen LogP contribution >= 0.6 is 0 Å². The van der Waals surface area contributed by atoms with E-state index in [2.05, 4.69) is 12.2 Å². The summed E-state index contributed by atoms with van der Waals surface area (Å²) >= 11 is 0. The topological polar surface area (TPSA) is 32.3 Å². The molecule has 2 heteroatoms. The first-order valence-electron chi connectivity index (χ1n) is 5.23. The SMILES string of the molecule is CCCCC(O)C1CCCNC1. The van der Waals surface area contributed by atoms with Gasteiger partial charge in [0.05, 0.1) is 6.10 Å². The smallest absolute Gasteiger partial charge is 0.0580 e. The molecule has 1 rings (SSSR count). The molecule has 0 amide bonds. The first kappa shape index (κ1) is 10.0. The molecular formula is C10H21NO. The van der Waals surface area contributed by atoms with Gasteiger partial charge in [0.1, 0.15) is 0 Å². The molecule has 0 spiro atoms. The van der Waals surface area contributed by atoms with Gasteiger partial charge in [-0.2, -0.15) is 0 Å². The van der Waals surface area contributed by atoms with E-state index >= 15 is 0 Å². The number of hydrogen-bond donors (Lipinski definition) is 2. The van der Waals surface area contributed by atoms with Crippen molar-refractivity contribution in [2.24, 2.45) is 5.92 Å². The fraction of sp³-hybridized carbons (Fsp3) is 1.00. The molecule has 72 valence electrons. The second kappa shape index (κ2) is 5.55. The van der Waals surface area contributed by atoms with Gasteiger partial charge in [0.25, 0.3) is 0 Å². The van der Waals surface area contributed by atoms with Gasteiger partial charge in [0.2, 0.25) is 0 Å². The number of unbranched alkanes of at least 4 members (excludes halogenated alkanes) is 1. The average Bonchev–Trinajstić information content (AvgIpc) is 2.15. The van der Waals surface area contributed by atoms with Crippen LogP contribution in [0.15, 0.2) is 0 Å². The second-order valence-corrected chi connectivity index (χ2v) is 3.82. The number of rotatable bonds is 4. The molecule has 0 aliphatic carbocycles. The number of piperidine rings is 1. The Labute approximate surface area is 75.4 Å². The van der Waals surface area contributed by atoms with Gasteiger partial charge >= 0.3 is 0 Å². The van der Waals surface area contributed by atoms with Crippen LogP contribution in [0.3, 0.4) is 0 Å². The Hall–Kier alpha value is -0.0800. The van der Waals surface area contributed by atoms with Crippen LogP contribution in [0.4, 0.5) is 0 Å². The molecule has 2 N–H and O–H groups in total. The minimum absolute atomic E-state index is 0.0576. The van der Waals surface area contributed by atoms with Gasteiger partial charge in [-0.1, -0.05) is 19.8 Å². The molecule has 0 aromatic carbocycles. The highest BCUT2D eigenvalue weighted by atomic mass is 16.3. The minimum atomic E-state index is -0.0576. The lowest BCUT2D eigenvalue weighted by Crippen LogP contribution is -2.36. The quantitative estimate of drug-likeness (QED) is 0.672. The second-order valence-electron chi connectivity index (χ2n) is 3.82. The standard InChI is InChI=1S/C10H21NO/c1-2-3-6-10(12)9-5-4-7-11-8-9/h9-12H,2-8H2,1H3. The van der Waals surface area contributed by atoms with Crippen LogP contribution in [-0.4, -0.2) is 24.3 Å². The highest BCUT2D eigenvalue weighted by Crippen LogP contribution is 2.18. The van der Waals surface area contributed by atoms with Crippen LogP contribution < -0.4 is 5.32 Å². The minimum Gasteiger partial charge on any atom is -0.393 e. The fourth-order valence-corrected chi connectivity index (χ4v) is 1.86. The van der Waals surface area contributed by atoms with Crippen molar-refractivity contribution in [1.82, 2.24) is 5.32 Å². The van der Waals surface area contributed by atoms with Gasteiger partial charge in [0.15, 0.2) is 0 Å². The van der Waals surface area contributed by atoms with E-state index in [1.807, 2.05) is 0 Å². The van der Waals surface area contributed by atoms with Gasteiger partial charge in [-0.15, -0.1) is 0 Å². The van der Waals surface area contributed by atoms with Crippen LogP contribution in [0.5, 0.6) is 0 Å². The van der Waals surface area contributed by atoms with Crippen molar-refractivity contribution in [3.8, 4) is 0 Å². The zero-order valence-corrected chi connectivity index (χ0v) is 8.05. The summed E-state index contributed by atoms with van der Waals surface area (Å²) in [5.41, 5.74) is 0. The summed E-state index contributed by atoms with van der Waals surface area (Å²) in [6.45, 7) is 4.33. The van der Waals surface area contributed by atoms with Crippen molar-refractivity contribution >= 4 is 0 Å². The predicted octanol–water partition coefficient (Wildman–Crippen LogP) is 1.54. The van der Waals surface area contributed by atoms with Gasteiger partial charge in [0, 0.05) is 6.54 Å². The van der Waals surface area contributed by atoms with Crippen molar-refractivity contribution in [3.05, 3.63) is 0 Å². The Morgan fingerprint density at radius 3 is 3.00 bits per heavy atom. The molecule has 1 heterocycles. The zero-order chi connectivity index (χ0) is 8.81. The van der Waals surface area contributed by atoms with E-state index in [1.54, 1.807) is 0 Å². The molecule has 1 aliphatic heterocycles. The Morgan fingerprint density at radius 1 is 1.58 bits per heavy atom. The third-order valence-corrected chi connectivity index (χ3v) is 2.73. The Bertz CT molecular complexity index is 110. The van der Waals surface area contributed by atoms with Gasteiger partial charge in [-0.25, -0.2) is 0 Å². The van der Waals surface area contributed by atoms with Gasteiger partial charge in [-0.05, 0) is 31.7 Å². The highest BCUT2D eigenvalue weighted by Gasteiger charge is 2.20. The third kappa shape index (κ3) is 3.11. The number of aliphatic hydroxyl groups excluding tert-OH is 1. The molecule has 0 bridgehead atoms. The van der Waals surface area contributed by atoms with Crippen LogP contribution in [0.1, 0.15) is 39.0 Å². The molecule has 1 aliphatic rings. The molecule has 1 fully saturated rings. The molecule has 0 aromatic rings. The monoisotopic (exact) mass is 171 g/mol. The molecule has 0 radical (unpaired) electrons. The lowest BCUT2D eigenvalue weighted by Gasteiger charge is -2.27. The van der Waals surface area contributed by atoms with E-state index < -0.39 is 0 Å². The number of hydrogen-bond acceptors (Lipinski definition) is 2. The van der Waals surface area contributed by atoms with E-state index in [0.717, 1.165) is 25.9 Å². The molecule has 2 unspecified atom stereocenters. The van der Waals surface area contributed by atoms with E-state index in [-0.39, 0.29) is 6.10 Å². The Morgan fingerprint density at radius 2 is 2.42 bits per heavy atom. The lowest BCUT2D eigenvalue weighted by molar-refractivity contribution is 0.0821. The summed E-state index contributed by atoms with van der Waals surface area (Å²) < 4.78 is 0. The van der Waals surface area contributed by atoms with Crippen molar-refractivity contribution in [3.63, 3.8) is 0 Å². The molecule has 0 saturated carbocycles. The van der Waals surface area contributed by atoms with Gasteiger partial charge in [-0.3, -0.25) is 0 Å². The van der Waals surface area contributed by atoms with Crippen LogP contribution in [0.2, 0.25) is 0 Å². The molecule has 2 nitrogen and oxygen atoms in total. The predicted molar refractivity (Wildman–Crippen MR) is 51.1 cm³/mol. The summed E-state index contributed by atoms with van der Waals surface area (Å²) in [6.07, 6.45) is 5.72. The molecule has 1 saturated heterocycles. The normalized spacial score (nSPS) is 27.0. The molecule has 12 heavy (non-hydrogen) atoms. The lowest BCUT2D eigenvalue weighted by atomic mass is 9.91. The van der Waals surface area contributed by atoms with Crippen LogP contribution in [0, 0.1) is 5.92 Å². The third-order valence-electron chi connectivity index (χ3n) is 2.73. The average molecular weight is 171 g/mol. The summed E-state index contributed by atoms with van der Waals surface area (Å²) in [7, 11) is 0. The molecule has 2 atom stereocenters. The van der Waals surface area contributed by atoms with Crippen molar-refractivity contribution in [1.29, 1.82) is 0 Å². The van der Waals surface area contributed by atoms with Crippen LogP contribution in [-0.2, 0) is 0 Å². The zero-order valence-electron chi connectivity index (χ0n) is 8.05. The number of nitrogens with one attached hydrogen (secondary N) is 1. The van der Waals surface area contributed by atoms with E-state index in [0.29, 0.717) is 5.92 Å². The largest absolute Gasteiger partial charge is 0.393 e. The van der Waals surface area contributed by atoms with Crippen molar-refractivity contribution < 1.29 is 5.11 Å². The summed E-state index contributed by atoms with van der Waals surface area (Å²) in [6, 6.07) is 0. The summed E-state index contributed by atoms with van der Waals surface area (Å²) in [5.74, 6) is 0.519. The maximum Gasteiger partial charge on any atom is 0.0580 e. The van der Waals surface area contributed by atoms with E-state index in [1.165, 1.54) is 19.3 Å². The Balaban J connectivity index is 2.15. The number of aliphatic hydroxyl groups is 1. The summed E-state index contributed by atoms with van der Waals surface area (Å²) in [5, 5.41) is 13.1. The first-order chi connectivity index (χ1) is 5.84. The van der Waals surface area contributed by atoms with Crippen LogP contribution in [0.25, 0.3) is 0 Å².